The van der Waals surface area contributed by atoms with E-state index in [0.717, 1.165) is 23.9 Å². The van der Waals surface area contributed by atoms with Crippen LogP contribution in [0.2, 0.25) is 0 Å². The molecule has 0 spiro atoms. The van der Waals surface area contributed by atoms with Crippen molar-refractivity contribution in [2.24, 2.45) is 7.05 Å². The number of aromatic nitrogens is 2. The summed E-state index contributed by atoms with van der Waals surface area (Å²) in [6.07, 6.45) is 3.57. The van der Waals surface area contributed by atoms with Crippen LogP contribution in [0.3, 0.4) is 0 Å². The van der Waals surface area contributed by atoms with Gasteiger partial charge in [-0.3, -0.25) is 9.48 Å². The number of aryl methyl sites for hydroxylation is 1. The first kappa shape index (κ1) is 11.8. The van der Waals surface area contributed by atoms with Gasteiger partial charge in [-0.15, -0.1) is 0 Å². The van der Waals surface area contributed by atoms with Crippen LogP contribution in [-0.4, -0.2) is 16.1 Å². The van der Waals surface area contributed by atoms with E-state index in [1.807, 2.05) is 0 Å². The maximum absolute atomic E-state index is 13.5. The molecule has 0 fully saturated rings. The number of carbonyl (C=O) groups is 1. The van der Waals surface area contributed by atoms with E-state index in [-0.39, 0.29) is 10.5 Å². The Balaban J connectivity index is 2.36. The Kier molecular flexibility index (Phi) is 3.23. The van der Waals surface area contributed by atoms with Crippen molar-refractivity contribution < 1.29 is 13.6 Å². The van der Waals surface area contributed by atoms with Gasteiger partial charge in [-0.2, -0.15) is 5.10 Å². The molecule has 2 rings (SSSR count). The molecule has 88 valence electrons. The van der Waals surface area contributed by atoms with E-state index in [1.165, 1.54) is 10.9 Å². The van der Waals surface area contributed by atoms with Crippen molar-refractivity contribution in [3.63, 3.8) is 0 Å². The topological polar surface area (TPSA) is 34.9 Å². The van der Waals surface area contributed by atoms with E-state index < -0.39 is 11.6 Å². The van der Waals surface area contributed by atoms with E-state index in [9.17, 15) is 13.6 Å². The van der Waals surface area contributed by atoms with Gasteiger partial charge in [0.2, 0.25) is 0 Å². The number of carbonyl (C=O) groups excluding carboxylic acids is 1. The van der Waals surface area contributed by atoms with Crippen molar-refractivity contribution in [3.8, 4) is 0 Å². The molecule has 0 aliphatic carbocycles. The Morgan fingerprint density at radius 2 is 2.00 bits per heavy atom. The number of hydrogen-bond donors (Lipinski definition) is 0. The van der Waals surface area contributed by atoms with E-state index in [0.29, 0.717) is 11.2 Å². The van der Waals surface area contributed by atoms with E-state index in [2.05, 4.69) is 5.10 Å². The lowest BCUT2D eigenvalue weighted by Gasteiger charge is -2.03. The van der Waals surface area contributed by atoms with Crippen molar-refractivity contribution in [2.75, 3.05) is 0 Å². The Hall–Kier alpha value is -1.69. The smallest absolute Gasteiger partial charge is 0.150 e. The third kappa shape index (κ3) is 2.52. The van der Waals surface area contributed by atoms with Gasteiger partial charge in [-0.05, 0) is 12.1 Å². The average molecular weight is 254 g/mol. The minimum absolute atomic E-state index is 0.0180. The zero-order valence-corrected chi connectivity index (χ0v) is 9.67. The van der Waals surface area contributed by atoms with Crippen LogP contribution < -0.4 is 0 Å². The fourth-order valence-electron chi connectivity index (χ4n) is 1.31. The van der Waals surface area contributed by atoms with E-state index >= 15 is 0 Å². The summed E-state index contributed by atoms with van der Waals surface area (Å²) in [5.41, 5.74) is -0.0180. The van der Waals surface area contributed by atoms with Crippen LogP contribution >= 0.6 is 11.8 Å². The molecule has 0 aliphatic rings. The molecule has 2 aromatic rings. The van der Waals surface area contributed by atoms with Gasteiger partial charge >= 0.3 is 0 Å². The molecule has 0 N–H and O–H groups in total. The summed E-state index contributed by atoms with van der Waals surface area (Å²) >= 11 is 0.932. The molecule has 0 unspecified atom stereocenters. The second-order valence-corrected chi connectivity index (χ2v) is 4.47. The van der Waals surface area contributed by atoms with Crippen molar-refractivity contribution in [3.05, 3.63) is 41.7 Å². The second-order valence-electron chi connectivity index (χ2n) is 3.38. The molecule has 0 amide bonds. The Labute approximate surface area is 100 Å². The monoisotopic (exact) mass is 254 g/mol. The maximum atomic E-state index is 13.5. The fraction of sp³-hybridized carbons (Fsp3) is 0.0909. The van der Waals surface area contributed by atoms with Gasteiger partial charge in [0, 0.05) is 18.8 Å². The van der Waals surface area contributed by atoms with Crippen LogP contribution in [0.15, 0.2) is 34.3 Å². The summed E-state index contributed by atoms with van der Waals surface area (Å²) in [6, 6.07) is 2.02. The lowest BCUT2D eigenvalue weighted by atomic mass is 10.2. The normalized spacial score (nSPS) is 10.5. The van der Waals surface area contributed by atoms with Gasteiger partial charge < -0.3 is 0 Å². The van der Waals surface area contributed by atoms with Gasteiger partial charge in [0.1, 0.15) is 17.9 Å². The summed E-state index contributed by atoms with van der Waals surface area (Å²) in [5, 5.41) is 3.90. The molecule has 0 bridgehead atoms. The molecule has 1 aromatic carbocycles. The van der Waals surface area contributed by atoms with Gasteiger partial charge in [0.15, 0.2) is 0 Å². The standard InChI is InChI=1S/C11H8F2N2OS/c1-15-5-8(4-14-15)17-11-9(12)2-7(6-16)3-10(11)13/h2-6H,1H3. The van der Waals surface area contributed by atoms with Crippen LogP contribution in [0.25, 0.3) is 0 Å². The highest BCUT2D eigenvalue weighted by Crippen LogP contribution is 2.32. The lowest BCUT2D eigenvalue weighted by Crippen LogP contribution is -1.91. The average Bonchev–Trinajstić information content (AvgIpc) is 2.69. The Morgan fingerprint density at radius 3 is 2.47 bits per heavy atom. The summed E-state index contributed by atoms with van der Waals surface area (Å²) < 4.78 is 28.6. The van der Waals surface area contributed by atoms with Crippen LogP contribution in [-0.2, 0) is 7.05 Å². The summed E-state index contributed by atoms with van der Waals surface area (Å²) in [7, 11) is 1.71. The molecule has 3 nitrogen and oxygen atoms in total. The zero-order chi connectivity index (χ0) is 12.4. The number of nitrogens with zero attached hydrogens (tertiary/aromatic N) is 2. The molecule has 6 heteroatoms. The summed E-state index contributed by atoms with van der Waals surface area (Å²) in [5.74, 6) is -1.50. The molecule has 17 heavy (non-hydrogen) atoms. The zero-order valence-electron chi connectivity index (χ0n) is 8.85. The van der Waals surface area contributed by atoms with Crippen LogP contribution in [0.5, 0.6) is 0 Å². The molecule has 0 radical (unpaired) electrons. The third-order valence-electron chi connectivity index (χ3n) is 2.06. The molecule has 1 heterocycles. The minimum Gasteiger partial charge on any atom is -0.298 e. The number of benzene rings is 1. The van der Waals surface area contributed by atoms with E-state index in [4.69, 9.17) is 0 Å². The third-order valence-corrected chi connectivity index (χ3v) is 3.10. The van der Waals surface area contributed by atoms with Gasteiger partial charge in [0.25, 0.3) is 0 Å². The molecular formula is C11H8F2N2OS. The fourth-order valence-corrected chi connectivity index (χ4v) is 2.17. The van der Waals surface area contributed by atoms with Crippen molar-refractivity contribution in [1.29, 1.82) is 0 Å². The molecule has 0 saturated carbocycles. The first-order valence-electron chi connectivity index (χ1n) is 4.71. The van der Waals surface area contributed by atoms with Gasteiger partial charge in [-0.25, -0.2) is 8.78 Å². The van der Waals surface area contributed by atoms with Crippen LogP contribution in [0, 0.1) is 11.6 Å². The summed E-state index contributed by atoms with van der Waals surface area (Å²) in [6.45, 7) is 0. The highest BCUT2D eigenvalue weighted by atomic mass is 32.2. The van der Waals surface area contributed by atoms with E-state index in [1.54, 1.807) is 13.2 Å². The maximum Gasteiger partial charge on any atom is 0.150 e. The number of rotatable bonds is 3. The predicted octanol–water partition coefficient (Wildman–Crippen LogP) is 2.66. The SMILES string of the molecule is Cn1cc(Sc2c(F)cc(C=O)cc2F)cn1. The van der Waals surface area contributed by atoms with Crippen molar-refractivity contribution in [1.82, 2.24) is 9.78 Å². The first-order chi connectivity index (χ1) is 8.10. The molecule has 1 aromatic heterocycles. The molecule has 0 saturated heterocycles. The molecular weight excluding hydrogens is 246 g/mol. The number of aldehydes is 1. The van der Waals surface area contributed by atoms with Crippen molar-refractivity contribution in [2.45, 2.75) is 9.79 Å². The molecule has 0 atom stereocenters. The highest BCUT2D eigenvalue weighted by molar-refractivity contribution is 7.99. The van der Waals surface area contributed by atoms with Crippen molar-refractivity contribution >= 4 is 18.0 Å². The number of halogens is 2. The lowest BCUT2D eigenvalue weighted by molar-refractivity contribution is 0.112. The minimum atomic E-state index is -0.749. The van der Waals surface area contributed by atoms with Gasteiger partial charge in [0.05, 0.1) is 16.0 Å². The first-order valence-corrected chi connectivity index (χ1v) is 5.52. The predicted molar refractivity (Wildman–Crippen MR) is 59.1 cm³/mol. The number of hydrogen-bond acceptors (Lipinski definition) is 3. The van der Waals surface area contributed by atoms with Gasteiger partial charge in [-0.1, -0.05) is 11.8 Å². The molecule has 0 aliphatic heterocycles. The van der Waals surface area contributed by atoms with Crippen LogP contribution in [0.1, 0.15) is 10.4 Å². The Bertz CT molecular complexity index is 545. The Morgan fingerprint density at radius 1 is 1.35 bits per heavy atom. The highest BCUT2D eigenvalue weighted by Gasteiger charge is 2.13. The van der Waals surface area contributed by atoms with Crippen LogP contribution in [0.4, 0.5) is 8.78 Å². The quantitative estimate of drug-likeness (QED) is 0.790. The summed E-state index contributed by atoms with van der Waals surface area (Å²) in [4.78, 5) is 10.9. The second kappa shape index (κ2) is 4.67. The largest absolute Gasteiger partial charge is 0.298 e.